The lowest BCUT2D eigenvalue weighted by Gasteiger charge is -2.24. The van der Waals surface area contributed by atoms with Crippen LogP contribution in [0.4, 0.5) is 5.95 Å². The molecule has 1 aromatic rings. The van der Waals surface area contributed by atoms with Crippen molar-refractivity contribution in [2.75, 3.05) is 37.7 Å². The maximum Gasteiger partial charge on any atom is 0.225 e. The molecule has 0 radical (unpaired) electrons. The van der Waals surface area contributed by atoms with E-state index in [2.05, 4.69) is 20.2 Å². The summed E-state index contributed by atoms with van der Waals surface area (Å²) in [5, 5.41) is 3.32. The van der Waals surface area contributed by atoms with E-state index in [1.807, 2.05) is 12.3 Å². The van der Waals surface area contributed by atoms with Crippen LogP contribution in [0.1, 0.15) is 24.6 Å². The molecule has 0 saturated carbocycles. The molecular weight excluding hydrogens is 216 g/mol. The maximum absolute atomic E-state index is 5.71. The van der Waals surface area contributed by atoms with Gasteiger partial charge in [0.2, 0.25) is 5.95 Å². The summed E-state index contributed by atoms with van der Waals surface area (Å²) in [6.45, 7) is 4.69. The Bertz CT molecular complexity index is 373. The number of nitrogens with one attached hydrogen (secondary N) is 1. The molecule has 3 heterocycles. The monoisotopic (exact) mass is 234 g/mol. The van der Waals surface area contributed by atoms with Gasteiger partial charge in [0.15, 0.2) is 0 Å². The summed E-state index contributed by atoms with van der Waals surface area (Å²) < 4.78 is 5.71. The fraction of sp³-hybridized carbons (Fsp3) is 0.667. The smallest absolute Gasteiger partial charge is 0.225 e. The zero-order valence-electron chi connectivity index (χ0n) is 9.93. The molecular formula is C12H18N4O. The van der Waals surface area contributed by atoms with E-state index < -0.39 is 0 Å². The largest absolute Gasteiger partial charge is 0.369 e. The van der Waals surface area contributed by atoms with Crippen LogP contribution in [0, 0.1) is 0 Å². The van der Waals surface area contributed by atoms with Crippen molar-refractivity contribution in [3.05, 3.63) is 18.0 Å². The number of morpholine rings is 1. The highest BCUT2D eigenvalue weighted by Crippen LogP contribution is 2.20. The van der Waals surface area contributed by atoms with Crippen molar-refractivity contribution in [2.45, 2.75) is 18.9 Å². The zero-order chi connectivity index (χ0) is 11.5. The van der Waals surface area contributed by atoms with Crippen LogP contribution in [0.15, 0.2) is 12.3 Å². The Kier molecular flexibility index (Phi) is 3.20. The number of ether oxygens (including phenoxy) is 1. The molecule has 2 saturated heterocycles. The maximum atomic E-state index is 5.71. The summed E-state index contributed by atoms with van der Waals surface area (Å²) >= 11 is 0. The average molecular weight is 234 g/mol. The molecule has 92 valence electrons. The average Bonchev–Trinajstić information content (AvgIpc) is 2.94. The summed E-state index contributed by atoms with van der Waals surface area (Å²) in [5.74, 6) is 0.856. The zero-order valence-corrected chi connectivity index (χ0v) is 9.93. The van der Waals surface area contributed by atoms with Crippen LogP contribution < -0.4 is 10.2 Å². The van der Waals surface area contributed by atoms with Crippen LogP contribution in [0.5, 0.6) is 0 Å². The van der Waals surface area contributed by atoms with Crippen LogP contribution in [-0.4, -0.2) is 42.8 Å². The summed E-state index contributed by atoms with van der Waals surface area (Å²) in [4.78, 5) is 11.2. The normalized spacial score (nSPS) is 25.2. The van der Waals surface area contributed by atoms with E-state index in [1.165, 1.54) is 12.8 Å². The number of aromatic nitrogens is 2. The lowest BCUT2D eigenvalue weighted by molar-refractivity contribution is 0.0250. The highest BCUT2D eigenvalue weighted by Gasteiger charge is 2.20. The Morgan fingerprint density at radius 2 is 2.24 bits per heavy atom. The van der Waals surface area contributed by atoms with Crippen molar-refractivity contribution in [2.24, 2.45) is 0 Å². The van der Waals surface area contributed by atoms with Crippen molar-refractivity contribution < 1.29 is 4.74 Å². The van der Waals surface area contributed by atoms with Crippen LogP contribution in [-0.2, 0) is 4.74 Å². The molecule has 0 spiro atoms. The second-order valence-corrected chi connectivity index (χ2v) is 4.54. The van der Waals surface area contributed by atoms with Crippen LogP contribution >= 0.6 is 0 Å². The van der Waals surface area contributed by atoms with Gasteiger partial charge in [0.25, 0.3) is 0 Å². The Labute approximate surface area is 101 Å². The van der Waals surface area contributed by atoms with Gasteiger partial charge in [-0.2, -0.15) is 0 Å². The molecule has 0 unspecified atom stereocenters. The molecule has 2 aliphatic heterocycles. The molecule has 17 heavy (non-hydrogen) atoms. The first kappa shape index (κ1) is 10.9. The van der Waals surface area contributed by atoms with Gasteiger partial charge in [-0.05, 0) is 18.9 Å². The molecule has 0 aliphatic carbocycles. The standard InChI is InChI=1S/C12H18N4O/c1-2-7-16(6-1)12-14-4-3-10(15-12)11-9-13-5-8-17-11/h3-4,11,13H,1-2,5-9H2/t11-/m1/s1. The minimum atomic E-state index is 0.0769. The van der Waals surface area contributed by atoms with E-state index >= 15 is 0 Å². The molecule has 2 fully saturated rings. The number of hydrogen-bond donors (Lipinski definition) is 1. The van der Waals surface area contributed by atoms with Crippen molar-refractivity contribution in [3.8, 4) is 0 Å². The lowest BCUT2D eigenvalue weighted by atomic mass is 10.2. The van der Waals surface area contributed by atoms with Crippen molar-refractivity contribution in [1.29, 1.82) is 0 Å². The molecule has 0 bridgehead atoms. The predicted molar refractivity (Wildman–Crippen MR) is 65.0 cm³/mol. The Morgan fingerprint density at radius 3 is 3.00 bits per heavy atom. The van der Waals surface area contributed by atoms with Gasteiger partial charge in [0, 0.05) is 32.4 Å². The first-order valence-electron chi connectivity index (χ1n) is 6.34. The van der Waals surface area contributed by atoms with Gasteiger partial charge in [-0.3, -0.25) is 0 Å². The minimum Gasteiger partial charge on any atom is -0.369 e. The lowest BCUT2D eigenvalue weighted by Crippen LogP contribution is -2.34. The highest BCUT2D eigenvalue weighted by molar-refractivity contribution is 5.32. The van der Waals surface area contributed by atoms with E-state index in [0.717, 1.165) is 44.4 Å². The molecule has 5 nitrogen and oxygen atoms in total. The fourth-order valence-corrected chi connectivity index (χ4v) is 2.37. The molecule has 2 aliphatic rings. The third-order valence-corrected chi connectivity index (χ3v) is 3.31. The molecule has 5 heteroatoms. The van der Waals surface area contributed by atoms with E-state index in [9.17, 15) is 0 Å². The summed E-state index contributed by atoms with van der Waals surface area (Å²) in [6, 6.07) is 1.96. The van der Waals surface area contributed by atoms with Crippen LogP contribution in [0.3, 0.4) is 0 Å². The van der Waals surface area contributed by atoms with Gasteiger partial charge >= 0.3 is 0 Å². The van der Waals surface area contributed by atoms with Gasteiger partial charge in [-0.25, -0.2) is 9.97 Å². The molecule has 1 N–H and O–H groups in total. The minimum absolute atomic E-state index is 0.0769. The summed E-state index contributed by atoms with van der Waals surface area (Å²) in [7, 11) is 0. The summed E-state index contributed by atoms with van der Waals surface area (Å²) in [6.07, 6.45) is 4.41. The first-order chi connectivity index (χ1) is 8.43. The van der Waals surface area contributed by atoms with Gasteiger partial charge in [-0.15, -0.1) is 0 Å². The van der Waals surface area contributed by atoms with Crippen molar-refractivity contribution >= 4 is 5.95 Å². The number of nitrogens with zero attached hydrogens (tertiary/aromatic N) is 3. The number of hydrogen-bond acceptors (Lipinski definition) is 5. The van der Waals surface area contributed by atoms with E-state index in [1.54, 1.807) is 0 Å². The number of anilines is 1. The fourth-order valence-electron chi connectivity index (χ4n) is 2.37. The second-order valence-electron chi connectivity index (χ2n) is 4.54. The van der Waals surface area contributed by atoms with Crippen molar-refractivity contribution in [1.82, 2.24) is 15.3 Å². The van der Waals surface area contributed by atoms with Gasteiger partial charge in [0.05, 0.1) is 12.3 Å². The van der Waals surface area contributed by atoms with E-state index in [0.29, 0.717) is 0 Å². The third-order valence-electron chi connectivity index (χ3n) is 3.31. The van der Waals surface area contributed by atoms with E-state index in [4.69, 9.17) is 4.74 Å². The molecule has 0 amide bonds. The molecule has 1 aromatic heterocycles. The van der Waals surface area contributed by atoms with Crippen LogP contribution in [0.2, 0.25) is 0 Å². The predicted octanol–water partition coefficient (Wildman–Crippen LogP) is 0.738. The second kappa shape index (κ2) is 4.98. The van der Waals surface area contributed by atoms with Gasteiger partial charge < -0.3 is 15.0 Å². The van der Waals surface area contributed by atoms with E-state index in [-0.39, 0.29) is 6.10 Å². The summed E-state index contributed by atoms with van der Waals surface area (Å²) in [5.41, 5.74) is 0.995. The Balaban J connectivity index is 1.77. The van der Waals surface area contributed by atoms with Crippen LogP contribution in [0.25, 0.3) is 0 Å². The topological polar surface area (TPSA) is 50.3 Å². The molecule has 0 aromatic carbocycles. The SMILES string of the molecule is c1cc([C@H]2CNCCO2)nc(N2CCCC2)n1. The van der Waals surface area contributed by atoms with Crippen molar-refractivity contribution in [3.63, 3.8) is 0 Å². The quantitative estimate of drug-likeness (QED) is 0.818. The Hall–Kier alpha value is -1.20. The highest BCUT2D eigenvalue weighted by atomic mass is 16.5. The number of rotatable bonds is 2. The molecule has 1 atom stereocenters. The molecule has 3 rings (SSSR count). The van der Waals surface area contributed by atoms with Gasteiger partial charge in [-0.1, -0.05) is 0 Å². The van der Waals surface area contributed by atoms with Gasteiger partial charge in [0.1, 0.15) is 6.10 Å². The Morgan fingerprint density at radius 1 is 1.35 bits per heavy atom. The third kappa shape index (κ3) is 2.40. The first-order valence-corrected chi connectivity index (χ1v) is 6.34.